The molecule has 0 aliphatic carbocycles. The van der Waals surface area contributed by atoms with Crippen molar-refractivity contribution in [2.75, 3.05) is 25.5 Å². The molecule has 0 aromatic heterocycles. The van der Waals surface area contributed by atoms with Crippen molar-refractivity contribution in [1.29, 1.82) is 0 Å². The van der Waals surface area contributed by atoms with E-state index in [1.54, 1.807) is 0 Å². The number of carbonyl (C=O) groups is 1. The van der Waals surface area contributed by atoms with Crippen LogP contribution < -0.4 is 45.3 Å². The van der Waals surface area contributed by atoms with Gasteiger partial charge in [0.1, 0.15) is 24.4 Å². The van der Waals surface area contributed by atoms with E-state index in [-0.39, 0.29) is 42.5 Å². The fraction of sp³-hybridized carbons (Fsp3) is 0.875. The third kappa shape index (κ3) is 9.98. The molecule has 2 aliphatic rings. The van der Waals surface area contributed by atoms with Crippen molar-refractivity contribution < 1.29 is 94.4 Å². The van der Waals surface area contributed by atoms with E-state index < -0.39 is 100 Å². The first-order valence-corrected chi connectivity index (χ1v) is 13.2. The first kappa shape index (κ1) is 33.5. The summed E-state index contributed by atoms with van der Waals surface area (Å²) in [5.74, 6) is -2.19. The predicted octanol–water partition coefficient (Wildman–Crippen LogP) is -8.48. The number of aliphatic hydroxyl groups is 3. The van der Waals surface area contributed by atoms with Crippen molar-refractivity contribution >= 4 is 32.3 Å². The number of aliphatic imine (C=N–C) groups is 1. The number of aliphatic hydroxyl groups excluding tert-OH is 3. The molecule has 204 valence electrons. The zero-order valence-corrected chi connectivity index (χ0v) is 23.0. The summed E-state index contributed by atoms with van der Waals surface area (Å²) in [6.45, 7) is -0.784. The van der Waals surface area contributed by atoms with E-state index in [9.17, 15) is 42.1 Å². The van der Waals surface area contributed by atoms with E-state index >= 15 is 0 Å². The number of hydrogen-bond acceptors (Lipinski definition) is 14. The maximum atomic E-state index is 12.3. The van der Waals surface area contributed by atoms with Gasteiger partial charge >= 0.3 is 40.0 Å². The normalized spacial score (nSPS) is 33.7. The Hall–Kier alpha value is -0.520. The van der Waals surface area contributed by atoms with Gasteiger partial charge in [-0.3, -0.25) is 24.2 Å². The van der Waals surface area contributed by atoms with Crippen LogP contribution in [0.5, 0.6) is 0 Å². The Balaban J connectivity index is 0.00000648. The number of amides is 1. The molecule has 2 heterocycles. The predicted molar refractivity (Wildman–Crippen MR) is 112 cm³/mol. The molecule has 7 N–H and O–H groups in total. The zero-order valence-electron chi connectivity index (χ0n) is 19.3. The van der Waals surface area contributed by atoms with Crippen LogP contribution in [0.3, 0.4) is 0 Å². The molecule has 0 spiro atoms. The zero-order chi connectivity index (χ0) is 26.6. The van der Waals surface area contributed by atoms with Crippen LogP contribution in [0.4, 0.5) is 0 Å². The second-order valence-electron chi connectivity index (χ2n) is 7.84. The Kier molecular flexibility index (Phi) is 13.1. The summed E-state index contributed by atoms with van der Waals surface area (Å²) in [5.41, 5.74) is 0. The molecule has 17 nitrogen and oxygen atoms in total. The molecule has 0 aromatic rings. The van der Waals surface area contributed by atoms with Gasteiger partial charge in [-0.05, 0) is 19.2 Å². The molecule has 20 heteroatoms. The molecule has 36 heavy (non-hydrogen) atoms. The summed E-state index contributed by atoms with van der Waals surface area (Å²) >= 11 is 0. The average molecular weight is 574 g/mol. The van der Waals surface area contributed by atoms with Crippen molar-refractivity contribution in [2.24, 2.45) is 4.99 Å². The van der Waals surface area contributed by atoms with Gasteiger partial charge in [0.15, 0.2) is 6.29 Å². The fourth-order valence-corrected chi connectivity index (χ4v) is 4.58. The van der Waals surface area contributed by atoms with Gasteiger partial charge in [-0.2, -0.15) is 16.8 Å². The number of nitrogens with one attached hydrogen (secondary N) is 2. The second kappa shape index (κ2) is 14.0. The van der Waals surface area contributed by atoms with Crippen LogP contribution in [-0.4, -0.2) is 127 Å². The molecule has 2 saturated heterocycles. The van der Waals surface area contributed by atoms with Crippen molar-refractivity contribution in [3.63, 3.8) is 0 Å². The molecule has 2 aliphatic heterocycles. The molecule has 0 unspecified atom stereocenters. The average Bonchev–Trinajstić information content (AvgIpc) is 3.13. The Morgan fingerprint density at radius 1 is 1.22 bits per heavy atom. The summed E-state index contributed by atoms with van der Waals surface area (Å²) < 4.78 is 77.1. The van der Waals surface area contributed by atoms with Crippen molar-refractivity contribution in [1.82, 2.24) is 10.6 Å². The second-order valence-corrected chi connectivity index (χ2v) is 10.5. The smallest absolute Gasteiger partial charge is 0.862 e. The van der Waals surface area contributed by atoms with Gasteiger partial charge in [0, 0.05) is 6.54 Å². The number of rotatable bonds is 11. The van der Waals surface area contributed by atoms with Gasteiger partial charge in [-0.1, -0.05) is 0 Å². The van der Waals surface area contributed by atoms with Gasteiger partial charge in [-0.25, -0.2) is 4.18 Å². The number of hydrogen-bond donors (Lipinski definition) is 7. The number of ether oxygens (including phenoxy) is 2. The molecule has 1 amide bonds. The van der Waals surface area contributed by atoms with Crippen LogP contribution in [-0.2, 0) is 39.0 Å². The van der Waals surface area contributed by atoms with Gasteiger partial charge in [0.2, 0.25) is 5.91 Å². The summed E-state index contributed by atoms with van der Waals surface area (Å²) in [5, 5.41) is 46.5. The Morgan fingerprint density at radius 2 is 1.86 bits per heavy atom. The van der Waals surface area contributed by atoms with Gasteiger partial charge in [0.25, 0.3) is 10.1 Å². The standard InChI is InChI=1S/C16H29N3O14S2.Na/c1-7(22)18-12-13(23)14(33-35(28,29)30)11(6-21)32-16(12)31-10-4-8(19-9(10)5-20)15(24)17-2-3-34(25,26)27;/h8-14,16,19-21,23H,2-6H2,1H3,(H,17,24)(H,18,22)(H,25,26,27)(H,28,29,30);/q;+1/p-1/t8-,9+,10-,11+,12+,13+,14+,16+;/m0./s1. The maximum absolute atomic E-state index is 12.3. The Morgan fingerprint density at radius 3 is 2.36 bits per heavy atom. The number of carbonyl (C=O) groups excluding carboxylic acids is 1. The van der Waals surface area contributed by atoms with Crippen molar-refractivity contribution in [3.05, 3.63) is 0 Å². The van der Waals surface area contributed by atoms with E-state index in [1.807, 2.05) is 0 Å². The largest absolute Gasteiger partial charge is 1.00 e. The molecule has 0 aromatic carbocycles. The molecule has 0 saturated carbocycles. The maximum Gasteiger partial charge on any atom is 1.00 e. The van der Waals surface area contributed by atoms with E-state index in [0.29, 0.717) is 0 Å². The summed E-state index contributed by atoms with van der Waals surface area (Å²) in [6.07, 6.45) is -7.96. The minimum atomic E-state index is -5.10. The molecule has 8 atom stereocenters. The quantitative estimate of drug-likeness (QED) is 0.0523. The van der Waals surface area contributed by atoms with E-state index in [1.165, 1.54) is 0 Å². The van der Waals surface area contributed by atoms with Gasteiger partial charge in [0.05, 0.1) is 37.2 Å². The third-order valence-electron chi connectivity index (χ3n) is 5.20. The number of nitrogens with zero attached hydrogens (tertiary/aromatic N) is 1. The molecular weight excluding hydrogens is 545 g/mol. The van der Waals surface area contributed by atoms with Crippen LogP contribution in [0, 0.1) is 0 Å². The van der Waals surface area contributed by atoms with E-state index in [0.717, 1.165) is 6.92 Å². The fourth-order valence-electron chi connectivity index (χ4n) is 3.70. The Bertz CT molecular complexity index is 977. The van der Waals surface area contributed by atoms with Crippen LogP contribution in [0.15, 0.2) is 4.99 Å². The first-order valence-electron chi connectivity index (χ1n) is 10.2. The molecule has 0 bridgehead atoms. The van der Waals surface area contributed by atoms with Gasteiger partial charge in [-0.15, -0.1) is 0 Å². The molecule has 2 fully saturated rings. The first-order chi connectivity index (χ1) is 16.1. The monoisotopic (exact) mass is 573 g/mol. The SMILES string of the molecule is CC([O-])=N[C@H]1[C@H](O[C@H]2C[C@@H](C(=O)NCCS(=O)(=O)O)N[C@@H]2CO)O[C@H](CO)[C@@H](OS(=O)(=O)O)[C@@H]1O.[Na+]. The van der Waals surface area contributed by atoms with Crippen LogP contribution in [0.1, 0.15) is 13.3 Å². The van der Waals surface area contributed by atoms with Crippen LogP contribution >= 0.6 is 0 Å². The van der Waals surface area contributed by atoms with Crippen molar-refractivity contribution in [2.45, 2.75) is 62.2 Å². The van der Waals surface area contributed by atoms with Crippen LogP contribution in [0.25, 0.3) is 0 Å². The van der Waals surface area contributed by atoms with Crippen molar-refractivity contribution in [3.8, 4) is 0 Å². The summed E-state index contributed by atoms with van der Waals surface area (Å²) in [6, 6.07) is -3.42. The minimum Gasteiger partial charge on any atom is -0.862 e. The molecule has 2 rings (SSSR count). The summed E-state index contributed by atoms with van der Waals surface area (Å²) in [7, 11) is -9.39. The topological polar surface area (TPSA) is 274 Å². The minimum absolute atomic E-state index is 0. The van der Waals surface area contributed by atoms with Gasteiger partial charge < -0.3 is 35.2 Å². The summed E-state index contributed by atoms with van der Waals surface area (Å²) in [4.78, 5) is 16.0. The third-order valence-corrected chi connectivity index (χ3v) is 6.38. The Labute approximate surface area is 229 Å². The van der Waals surface area contributed by atoms with E-state index in [2.05, 4.69) is 19.8 Å². The van der Waals surface area contributed by atoms with Crippen LogP contribution in [0.2, 0.25) is 0 Å². The molecule has 0 radical (unpaired) electrons. The molecular formula is C16H28N3NaO14S2. The van der Waals surface area contributed by atoms with E-state index in [4.69, 9.17) is 18.6 Å².